The van der Waals surface area contributed by atoms with Gasteiger partial charge < -0.3 is 19.8 Å². The van der Waals surface area contributed by atoms with Crippen LogP contribution in [-0.4, -0.2) is 96.7 Å². The number of Topliss-reactive ketones (excluding diaryl/α,β-unsaturated/α-hetero) is 1. The van der Waals surface area contributed by atoms with Gasteiger partial charge in [-0.05, 0) is 31.2 Å². The third-order valence-electron chi connectivity index (χ3n) is 5.86. The van der Waals surface area contributed by atoms with Crippen LogP contribution in [0.3, 0.4) is 0 Å². The van der Waals surface area contributed by atoms with Crippen molar-refractivity contribution in [3.63, 3.8) is 0 Å². The van der Waals surface area contributed by atoms with E-state index in [4.69, 9.17) is 8.42 Å². The van der Waals surface area contributed by atoms with Gasteiger partial charge in [0.25, 0.3) is 5.56 Å². The Labute approximate surface area is 215 Å². The van der Waals surface area contributed by atoms with Crippen LogP contribution >= 0.6 is 0 Å². The number of carbonyl (C=O) groups excluding carboxylic acids is 3. The molecule has 0 spiro atoms. The maximum absolute atomic E-state index is 13.1. The molecule has 0 fully saturated rings. The van der Waals surface area contributed by atoms with Crippen LogP contribution in [0.4, 0.5) is 4.39 Å². The van der Waals surface area contributed by atoms with Gasteiger partial charge in [-0.3, -0.25) is 23.7 Å². The Bertz CT molecular complexity index is 1260. The van der Waals surface area contributed by atoms with E-state index in [9.17, 15) is 28.7 Å². The first-order valence-corrected chi connectivity index (χ1v) is 11.8. The van der Waals surface area contributed by atoms with E-state index < -0.39 is 52.3 Å². The van der Waals surface area contributed by atoms with Gasteiger partial charge in [0.15, 0.2) is 11.5 Å². The molecule has 1 aliphatic heterocycles. The lowest BCUT2D eigenvalue weighted by Crippen LogP contribution is -2.45. The molecule has 0 bridgehead atoms. The topological polar surface area (TPSA) is 150 Å². The van der Waals surface area contributed by atoms with Crippen LogP contribution in [0.5, 0.6) is 5.75 Å². The first-order chi connectivity index (χ1) is 17.4. The Morgan fingerprint density at radius 2 is 1.70 bits per heavy atom. The summed E-state index contributed by atoms with van der Waals surface area (Å²) >= 11 is -0.750. The number of nitrogens with zero attached hydrogens (tertiary/aromatic N) is 5. The zero-order valence-electron chi connectivity index (χ0n) is 20.8. The number of likely N-dealkylation sites (N-methyl/N-ethyl adjacent to an activating group) is 3. The largest absolute Gasteiger partial charge is 0.501 e. The van der Waals surface area contributed by atoms with Crippen molar-refractivity contribution >= 4 is 29.2 Å². The summed E-state index contributed by atoms with van der Waals surface area (Å²) in [5, 5.41) is 10.5. The molecular formula is C23H28FN5O7S. The highest BCUT2D eigenvalue weighted by Crippen LogP contribution is 2.24. The molecule has 1 aromatic carbocycles. The van der Waals surface area contributed by atoms with E-state index >= 15 is 0 Å². The standard InChI is InChI=1S/C23H28FN5O5.O2S/c1-26(2)22(33)23(34)28(4)16-13-27(3)11-12-29-20(16)25-18(19(31)21(29)32)17(30)10-7-14-5-8-15(24)9-6-14;1-3-2/h5-6,8-9,16,31H,7,10-13H2,1-4H3;. The molecule has 0 saturated carbocycles. The second kappa shape index (κ2) is 13.0. The van der Waals surface area contributed by atoms with Gasteiger partial charge in [0.2, 0.25) is 5.75 Å². The molecule has 2 heterocycles. The Morgan fingerprint density at radius 1 is 1.11 bits per heavy atom. The number of carbonyl (C=O) groups is 3. The molecule has 0 radical (unpaired) electrons. The van der Waals surface area contributed by atoms with Gasteiger partial charge in [-0.2, -0.15) is 8.42 Å². The molecule has 0 saturated heterocycles. The fourth-order valence-electron chi connectivity index (χ4n) is 3.77. The molecule has 1 atom stereocenters. The Kier molecular flexibility index (Phi) is 10.3. The van der Waals surface area contributed by atoms with Gasteiger partial charge in [-0.1, -0.05) is 12.1 Å². The molecule has 1 unspecified atom stereocenters. The number of halogens is 1. The highest BCUT2D eigenvalue weighted by molar-refractivity contribution is 7.51. The number of hydrogen-bond acceptors (Lipinski definition) is 9. The Hall–Kier alpha value is -3.78. The molecule has 37 heavy (non-hydrogen) atoms. The lowest BCUT2D eigenvalue weighted by molar-refractivity contribution is -0.151. The lowest BCUT2D eigenvalue weighted by atomic mass is 10.1. The zero-order valence-corrected chi connectivity index (χ0v) is 21.7. The quantitative estimate of drug-likeness (QED) is 0.403. The van der Waals surface area contributed by atoms with E-state index in [1.165, 1.54) is 42.7 Å². The van der Waals surface area contributed by atoms with Crippen LogP contribution in [0, 0.1) is 5.82 Å². The van der Waals surface area contributed by atoms with Gasteiger partial charge in [-0.15, -0.1) is 0 Å². The number of hydrogen-bond donors (Lipinski definition) is 1. The molecule has 200 valence electrons. The molecule has 2 aromatic rings. The highest BCUT2D eigenvalue weighted by Gasteiger charge is 2.35. The van der Waals surface area contributed by atoms with Gasteiger partial charge >= 0.3 is 23.4 Å². The second-order valence-electron chi connectivity index (χ2n) is 8.64. The van der Waals surface area contributed by atoms with Crippen LogP contribution in [0.1, 0.15) is 34.3 Å². The number of rotatable bonds is 5. The van der Waals surface area contributed by atoms with Crippen molar-refractivity contribution < 1.29 is 32.3 Å². The van der Waals surface area contributed by atoms with E-state index in [0.29, 0.717) is 12.1 Å². The summed E-state index contributed by atoms with van der Waals surface area (Å²) in [6.07, 6.45) is 0.202. The number of fused-ring (bicyclic) bond motifs is 1. The number of ketones is 1. The van der Waals surface area contributed by atoms with Crippen molar-refractivity contribution in [2.24, 2.45) is 0 Å². The molecule has 14 heteroatoms. The predicted octanol–water partition coefficient (Wildman–Crippen LogP) is -0.234. The molecule has 1 aromatic heterocycles. The number of amides is 2. The van der Waals surface area contributed by atoms with Gasteiger partial charge in [-0.25, -0.2) is 9.37 Å². The SMILES string of the molecule is CN1CCn2c(nc(C(=O)CCc3ccc(F)cc3)c(O)c2=O)C(N(C)C(=O)C(=O)N(C)C)C1.O=S=O. The van der Waals surface area contributed by atoms with Crippen LogP contribution in [0.25, 0.3) is 0 Å². The number of aromatic hydroxyl groups is 1. The van der Waals surface area contributed by atoms with Gasteiger partial charge in [0, 0.05) is 47.2 Å². The fraction of sp³-hybridized carbons (Fsp3) is 0.435. The Balaban J connectivity index is 0.00000153. The first-order valence-electron chi connectivity index (χ1n) is 11.1. The smallest absolute Gasteiger partial charge is 0.335 e. The summed E-state index contributed by atoms with van der Waals surface area (Å²) in [5.41, 5.74) is -0.448. The average molecular weight is 538 g/mol. The minimum Gasteiger partial charge on any atom is -0.501 e. The van der Waals surface area contributed by atoms with E-state index in [0.717, 1.165) is 4.90 Å². The summed E-state index contributed by atoms with van der Waals surface area (Å²) in [5.74, 6) is -3.11. The second-order valence-corrected chi connectivity index (χ2v) is 8.77. The van der Waals surface area contributed by atoms with E-state index in [2.05, 4.69) is 4.98 Å². The number of aryl methyl sites for hydroxylation is 1. The van der Waals surface area contributed by atoms with Gasteiger partial charge in [0.1, 0.15) is 17.7 Å². The normalized spacial score (nSPS) is 14.9. The average Bonchev–Trinajstić information content (AvgIpc) is 3.03. The van der Waals surface area contributed by atoms with Crippen LogP contribution in [0.2, 0.25) is 0 Å². The minimum atomic E-state index is -0.805. The van der Waals surface area contributed by atoms with Crippen LogP contribution < -0.4 is 5.56 Å². The van der Waals surface area contributed by atoms with Crippen molar-refractivity contribution in [1.29, 1.82) is 0 Å². The monoisotopic (exact) mass is 537 g/mol. The lowest BCUT2D eigenvalue weighted by Gasteiger charge is -2.30. The van der Waals surface area contributed by atoms with Gasteiger partial charge in [0.05, 0.1) is 0 Å². The summed E-state index contributed by atoms with van der Waals surface area (Å²) in [4.78, 5) is 59.4. The third-order valence-corrected chi connectivity index (χ3v) is 5.86. The Morgan fingerprint density at radius 3 is 2.27 bits per heavy atom. The molecular weight excluding hydrogens is 509 g/mol. The molecule has 2 amide bonds. The third kappa shape index (κ3) is 7.13. The molecule has 1 aliphatic rings. The van der Waals surface area contributed by atoms with E-state index in [-0.39, 0.29) is 37.4 Å². The summed E-state index contributed by atoms with van der Waals surface area (Å²) in [6.45, 7) is 0.894. The van der Waals surface area contributed by atoms with E-state index in [1.807, 2.05) is 4.90 Å². The van der Waals surface area contributed by atoms with Crippen molar-refractivity contribution in [3.05, 3.63) is 57.5 Å². The summed E-state index contributed by atoms with van der Waals surface area (Å²) in [6, 6.07) is 4.87. The zero-order chi connectivity index (χ0) is 27.9. The van der Waals surface area contributed by atoms with Crippen molar-refractivity contribution in [2.45, 2.75) is 25.4 Å². The first kappa shape index (κ1) is 29.5. The molecule has 1 N–H and O–H groups in total. The van der Waals surface area contributed by atoms with Crippen LogP contribution in [0.15, 0.2) is 29.1 Å². The summed E-state index contributed by atoms with van der Waals surface area (Å²) in [7, 11) is 6.15. The van der Waals surface area contributed by atoms with Crippen LogP contribution in [-0.2, 0) is 34.1 Å². The molecule has 12 nitrogen and oxygen atoms in total. The molecule has 3 rings (SSSR count). The van der Waals surface area contributed by atoms with E-state index in [1.54, 1.807) is 19.2 Å². The predicted molar refractivity (Wildman–Crippen MR) is 130 cm³/mol. The highest BCUT2D eigenvalue weighted by atomic mass is 32.1. The maximum Gasteiger partial charge on any atom is 0.335 e. The number of aromatic nitrogens is 2. The number of benzene rings is 1. The van der Waals surface area contributed by atoms with Crippen molar-refractivity contribution in [2.75, 3.05) is 41.3 Å². The maximum atomic E-state index is 13.1. The van der Waals surface area contributed by atoms with Crippen molar-refractivity contribution in [1.82, 2.24) is 24.3 Å². The molecule has 0 aliphatic carbocycles. The van der Waals surface area contributed by atoms with Crippen molar-refractivity contribution in [3.8, 4) is 5.75 Å². The fourth-order valence-corrected chi connectivity index (χ4v) is 3.77. The minimum absolute atomic E-state index is 0.0620. The summed E-state index contributed by atoms with van der Waals surface area (Å²) < 4.78 is 30.9.